The molecule has 0 N–H and O–H groups in total. The molecule has 0 bridgehead atoms. The van der Waals surface area contributed by atoms with Crippen LogP contribution in [-0.2, 0) is 19.5 Å². The van der Waals surface area contributed by atoms with Gasteiger partial charge in [-0.05, 0) is 32.9 Å². The molecular weight excluding hydrogens is 368 g/mol. The van der Waals surface area contributed by atoms with Crippen molar-refractivity contribution in [1.82, 2.24) is 8.87 Å². The fraction of sp³-hybridized carbons (Fsp3) is 0.421. The molecule has 2 aromatic rings. The third-order valence-electron chi connectivity index (χ3n) is 4.65. The lowest BCUT2D eigenvalue weighted by Crippen LogP contribution is -2.41. The summed E-state index contributed by atoms with van der Waals surface area (Å²) in [6.07, 6.45) is 0. The lowest BCUT2D eigenvalue weighted by molar-refractivity contribution is 0.0520. The average molecular weight is 392 g/mol. The first kappa shape index (κ1) is 19.6. The van der Waals surface area contributed by atoms with Crippen molar-refractivity contribution in [3.05, 3.63) is 47.3 Å². The van der Waals surface area contributed by atoms with Gasteiger partial charge in [0.25, 0.3) is 0 Å². The molecule has 1 aliphatic heterocycles. The first-order valence-corrected chi connectivity index (χ1v) is 10.4. The van der Waals surface area contributed by atoms with Crippen molar-refractivity contribution < 1.29 is 22.7 Å². The van der Waals surface area contributed by atoms with E-state index in [4.69, 9.17) is 9.47 Å². The first-order valence-electron chi connectivity index (χ1n) is 8.92. The highest BCUT2D eigenvalue weighted by atomic mass is 32.2. The molecule has 0 amide bonds. The van der Waals surface area contributed by atoms with Crippen LogP contribution in [0.15, 0.2) is 35.2 Å². The van der Waals surface area contributed by atoms with Crippen molar-refractivity contribution in [2.75, 3.05) is 32.9 Å². The molecule has 0 aliphatic carbocycles. The SMILES string of the molecule is CCOC(=O)c1c(S(=O)(=O)N2CCOCC2)c(C)n(-c2ccccc2)c1C. The highest BCUT2D eigenvalue weighted by molar-refractivity contribution is 7.89. The third-order valence-corrected chi connectivity index (χ3v) is 6.71. The monoisotopic (exact) mass is 392 g/mol. The van der Waals surface area contributed by atoms with E-state index in [1.54, 1.807) is 25.3 Å². The van der Waals surface area contributed by atoms with Crippen LogP contribution in [0.1, 0.15) is 28.7 Å². The lowest BCUT2D eigenvalue weighted by atomic mass is 10.2. The Bertz CT molecular complexity index is 929. The first-order chi connectivity index (χ1) is 12.9. The van der Waals surface area contributed by atoms with Gasteiger partial charge in [-0.2, -0.15) is 4.31 Å². The summed E-state index contributed by atoms with van der Waals surface area (Å²) in [6.45, 7) is 6.53. The van der Waals surface area contributed by atoms with Gasteiger partial charge in [0.15, 0.2) is 0 Å². The molecule has 0 saturated carbocycles. The van der Waals surface area contributed by atoms with Crippen LogP contribution in [0.25, 0.3) is 5.69 Å². The molecule has 1 fully saturated rings. The predicted molar refractivity (Wildman–Crippen MR) is 101 cm³/mol. The second-order valence-corrected chi connectivity index (χ2v) is 8.16. The minimum atomic E-state index is -3.86. The Balaban J connectivity index is 2.24. The fourth-order valence-electron chi connectivity index (χ4n) is 3.45. The zero-order chi connectivity index (χ0) is 19.6. The maximum Gasteiger partial charge on any atom is 0.341 e. The number of aromatic nitrogens is 1. The zero-order valence-electron chi connectivity index (χ0n) is 15.8. The van der Waals surface area contributed by atoms with Gasteiger partial charge in [0.05, 0.1) is 19.8 Å². The number of benzene rings is 1. The van der Waals surface area contributed by atoms with Crippen LogP contribution in [0.5, 0.6) is 0 Å². The number of para-hydroxylation sites is 1. The van der Waals surface area contributed by atoms with Crippen LogP contribution >= 0.6 is 0 Å². The van der Waals surface area contributed by atoms with E-state index < -0.39 is 16.0 Å². The predicted octanol–water partition coefficient (Wildman–Crippen LogP) is 2.29. The molecule has 0 unspecified atom stereocenters. The van der Waals surface area contributed by atoms with Gasteiger partial charge in [0.1, 0.15) is 10.5 Å². The molecule has 7 nitrogen and oxygen atoms in total. The smallest absolute Gasteiger partial charge is 0.341 e. The Kier molecular flexibility index (Phi) is 5.69. The average Bonchev–Trinajstić information content (AvgIpc) is 2.94. The lowest BCUT2D eigenvalue weighted by Gasteiger charge is -2.26. The quantitative estimate of drug-likeness (QED) is 0.730. The summed E-state index contributed by atoms with van der Waals surface area (Å²) in [5.74, 6) is -0.625. The summed E-state index contributed by atoms with van der Waals surface area (Å²) in [4.78, 5) is 12.7. The van der Waals surface area contributed by atoms with Gasteiger partial charge in [-0.25, -0.2) is 13.2 Å². The maximum absolute atomic E-state index is 13.4. The number of esters is 1. The second-order valence-electron chi connectivity index (χ2n) is 6.28. The van der Waals surface area contributed by atoms with Crippen molar-refractivity contribution in [2.24, 2.45) is 0 Å². The van der Waals surface area contributed by atoms with Gasteiger partial charge in [-0.15, -0.1) is 0 Å². The number of carbonyl (C=O) groups is 1. The van der Waals surface area contributed by atoms with Crippen molar-refractivity contribution in [3.63, 3.8) is 0 Å². The fourth-order valence-corrected chi connectivity index (χ4v) is 5.29. The summed E-state index contributed by atoms with van der Waals surface area (Å²) in [5, 5.41) is 0. The van der Waals surface area contributed by atoms with Crippen molar-refractivity contribution in [3.8, 4) is 5.69 Å². The second kappa shape index (κ2) is 7.84. The summed E-state index contributed by atoms with van der Waals surface area (Å²) >= 11 is 0. The molecule has 1 aliphatic rings. The zero-order valence-corrected chi connectivity index (χ0v) is 16.6. The number of rotatable bonds is 5. The molecule has 0 spiro atoms. The number of ether oxygens (including phenoxy) is 2. The normalized spacial score (nSPS) is 15.7. The Morgan fingerprint density at radius 1 is 1.11 bits per heavy atom. The van der Waals surface area contributed by atoms with E-state index >= 15 is 0 Å². The molecule has 146 valence electrons. The Morgan fingerprint density at radius 2 is 1.74 bits per heavy atom. The highest BCUT2D eigenvalue weighted by Crippen LogP contribution is 2.32. The summed E-state index contributed by atoms with van der Waals surface area (Å²) < 4.78 is 40.4. The Hall–Kier alpha value is -2.16. The van der Waals surface area contributed by atoms with E-state index in [-0.39, 0.29) is 30.2 Å². The molecule has 1 saturated heterocycles. The van der Waals surface area contributed by atoms with Crippen molar-refractivity contribution >= 4 is 16.0 Å². The summed E-state index contributed by atoms with van der Waals surface area (Å²) in [7, 11) is -3.86. The number of morpholine rings is 1. The highest BCUT2D eigenvalue weighted by Gasteiger charge is 2.37. The molecule has 3 rings (SSSR count). The molecule has 1 aromatic heterocycles. The van der Waals surface area contributed by atoms with Crippen LogP contribution in [0.3, 0.4) is 0 Å². The van der Waals surface area contributed by atoms with E-state index in [0.717, 1.165) is 5.69 Å². The van der Waals surface area contributed by atoms with Gasteiger partial charge >= 0.3 is 5.97 Å². The molecule has 2 heterocycles. The molecule has 0 atom stereocenters. The number of sulfonamides is 1. The van der Waals surface area contributed by atoms with Gasteiger partial charge < -0.3 is 14.0 Å². The van der Waals surface area contributed by atoms with Gasteiger partial charge in [0, 0.05) is 30.2 Å². The van der Waals surface area contributed by atoms with E-state index in [1.807, 2.05) is 30.3 Å². The molecular formula is C19H24N2O5S. The van der Waals surface area contributed by atoms with Gasteiger partial charge in [0.2, 0.25) is 10.0 Å². The summed E-state index contributed by atoms with van der Waals surface area (Å²) in [5.41, 5.74) is 1.93. The standard InChI is InChI=1S/C19H24N2O5S/c1-4-26-19(22)17-14(2)21(16-8-6-5-7-9-16)15(3)18(17)27(23,24)20-10-12-25-13-11-20/h5-9H,4,10-13H2,1-3H3. The van der Waals surface area contributed by atoms with E-state index in [2.05, 4.69) is 0 Å². The minimum absolute atomic E-state index is 0.0178. The van der Waals surface area contributed by atoms with E-state index in [0.29, 0.717) is 24.6 Å². The molecule has 27 heavy (non-hydrogen) atoms. The third kappa shape index (κ3) is 3.52. The number of hydrogen-bond acceptors (Lipinski definition) is 5. The van der Waals surface area contributed by atoms with Crippen molar-refractivity contribution in [2.45, 2.75) is 25.7 Å². The molecule has 0 radical (unpaired) electrons. The van der Waals surface area contributed by atoms with E-state index in [9.17, 15) is 13.2 Å². The Morgan fingerprint density at radius 3 is 2.33 bits per heavy atom. The van der Waals surface area contributed by atoms with Crippen LogP contribution < -0.4 is 0 Å². The van der Waals surface area contributed by atoms with Crippen LogP contribution in [0.2, 0.25) is 0 Å². The van der Waals surface area contributed by atoms with Crippen LogP contribution in [-0.4, -0.2) is 56.2 Å². The summed E-state index contributed by atoms with van der Waals surface area (Å²) in [6, 6.07) is 9.37. The van der Waals surface area contributed by atoms with Crippen LogP contribution in [0.4, 0.5) is 0 Å². The van der Waals surface area contributed by atoms with Gasteiger partial charge in [-0.1, -0.05) is 18.2 Å². The number of nitrogens with zero attached hydrogens (tertiary/aromatic N) is 2. The number of carbonyl (C=O) groups excluding carboxylic acids is 1. The van der Waals surface area contributed by atoms with Crippen LogP contribution in [0, 0.1) is 13.8 Å². The van der Waals surface area contributed by atoms with E-state index in [1.165, 1.54) is 4.31 Å². The topological polar surface area (TPSA) is 77.8 Å². The van der Waals surface area contributed by atoms with Crippen molar-refractivity contribution in [1.29, 1.82) is 0 Å². The molecule has 1 aromatic carbocycles. The number of hydrogen-bond donors (Lipinski definition) is 0. The maximum atomic E-state index is 13.4. The van der Waals surface area contributed by atoms with Gasteiger partial charge in [-0.3, -0.25) is 0 Å². The Labute approximate surface area is 159 Å². The minimum Gasteiger partial charge on any atom is -0.462 e. The largest absolute Gasteiger partial charge is 0.462 e. The molecule has 8 heteroatoms.